The Morgan fingerprint density at radius 3 is 2.44 bits per heavy atom. The van der Waals surface area contributed by atoms with Gasteiger partial charge in [0.1, 0.15) is 11.4 Å². The summed E-state index contributed by atoms with van der Waals surface area (Å²) in [7, 11) is 0. The minimum Gasteiger partial charge on any atom is -0.363 e. The Hall–Kier alpha value is -3.26. The quantitative estimate of drug-likeness (QED) is 0.419. The van der Waals surface area contributed by atoms with Crippen molar-refractivity contribution >= 4 is 56.8 Å². The highest BCUT2D eigenvalue weighted by molar-refractivity contribution is 9.10. The van der Waals surface area contributed by atoms with Gasteiger partial charge in [0.25, 0.3) is 11.8 Å². The number of nitrogens with zero attached hydrogens (tertiary/aromatic N) is 2. The molecule has 1 N–H and O–H groups in total. The normalized spacial score (nSPS) is 18.7. The molecule has 0 radical (unpaired) electrons. The lowest BCUT2D eigenvalue weighted by molar-refractivity contribution is -0.122. The predicted molar refractivity (Wildman–Crippen MR) is 135 cm³/mol. The van der Waals surface area contributed by atoms with E-state index in [0.717, 1.165) is 26.2 Å². The first-order valence-electron chi connectivity index (χ1n) is 10.9. The van der Waals surface area contributed by atoms with Crippen molar-refractivity contribution in [1.29, 1.82) is 0 Å². The number of amides is 4. The molecule has 4 rings (SSSR count). The van der Waals surface area contributed by atoms with E-state index in [9.17, 15) is 14.4 Å². The fraction of sp³-hybridized carbons (Fsp3) is 0.269. The average molecular weight is 526 g/mol. The first-order chi connectivity index (χ1) is 15.9. The van der Waals surface area contributed by atoms with Crippen LogP contribution in [0, 0.1) is 12.7 Å². The molecule has 0 aliphatic carbocycles. The first-order valence-corrected chi connectivity index (χ1v) is 11.7. The van der Waals surface area contributed by atoms with E-state index >= 15 is 4.39 Å². The summed E-state index contributed by atoms with van der Waals surface area (Å²) in [6.07, 6.45) is 3.33. The minimum atomic E-state index is -0.860. The van der Waals surface area contributed by atoms with Crippen molar-refractivity contribution in [3.8, 4) is 0 Å². The lowest BCUT2D eigenvalue weighted by atomic mass is 9.87. The van der Waals surface area contributed by atoms with Gasteiger partial charge in [-0.3, -0.25) is 14.9 Å². The number of benzene rings is 2. The van der Waals surface area contributed by atoms with Crippen molar-refractivity contribution in [2.45, 2.75) is 40.2 Å². The number of rotatable bonds is 3. The molecule has 1 saturated heterocycles. The molecule has 34 heavy (non-hydrogen) atoms. The molecule has 0 unspecified atom stereocenters. The Labute approximate surface area is 206 Å². The van der Waals surface area contributed by atoms with Crippen molar-refractivity contribution < 1.29 is 18.8 Å². The number of imide groups is 2. The van der Waals surface area contributed by atoms with Crippen LogP contribution < -0.4 is 15.1 Å². The molecule has 2 heterocycles. The smallest absolute Gasteiger partial charge is 0.335 e. The van der Waals surface area contributed by atoms with Crippen molar-refractivity contribution in [2.24, 2.45) is 0 Å². The Balaban J connectivity index is 1.81. The Bertz CT molecular complexity index is 1310. The van der Waals surface area contributed by atoms with Crippen LogP contribution in [0.4, 0.5) is 20.6 Å². The number of carbonyl (C=O) groups is 3. The van der Waals surface area contributed by atoms with Gasteiger partial charge >= 0.3 is 6.03 Å². The Kier molecular flexibility index (Phi) is 5.97. The van der Waals surface area contributed by atoms with Crippen LogP contribution in [0.5, 0.6) is 0 Å². The second kappa shape index (κ2) is 8.51. The first kappa shape index (κ1) is 23.9. The van der Waals surface area contributed by atoms with E-state index < -0.39 is 23.7 Å². The van der Waals surface area contributed by atoms with Gasteiger partial charge in [0.2, 0.25) is 0 Å². The lowest BCUT2D eigenvalue weighted by Gasteiger charge is -2.43. The maximum Gasteiger partial charge on any atom is 0.335 e. The molecule has 0 aromatic heterocycles. The molecule has 176 valence electrons. The largest absolute Gasteiger partial charge is 0.363 e. The van der Waals surface area contributed by atoms with Gasteiger partial charge in [0.05, 0.1) is 11.2 Å². The Morgan fingerprint density at radius 1 is 1.09 bits per heavy atom. The van der Waals surface area contributed by atoms with Gasteiger partial charge in [-0.1, -0.05) is 22.0 Å². The van der Waals surface area contributed by atoms with E-state index in [1.807, 2.05) is 13.8 Å². The van der Waals surface area contributed by atoms with E-state index in [4.69, 9.17) is 0 Å². The third kappa shape index (κ3) is 3.96. The molecule has 0 bridgehead atoms. The van der Waals surface area contributed by atoms with Crippen LogP contribution in [0.3, 0.4) is 0 Å². The number of anilines is 2. The second-order valence-corrected chi connectivity index (χ2v) is 9.92. The van der Waals surface area contributed by atoms with Gasteiger partial charge in [-0.05, 0) is 82.2 Å². The zero-order valence-electron chi connectivity index (χ0n) is 19.6. The Morgan fingerprint density at radius 2 is 1.79 bits per heavy atom. The summed E-state index contributed by atoms with van der Waals surface area (Å²) in [5.74, 6) is -2.22. The van der Waals surface area contributed by atoms with Gasteiger partial charge in [0.15, 0.2) is 0 Å². The highest BCUT2D eigenvalue weighted by atomic mass is 79.9. The monoisotopic (exact) mass is 525 g/mol. The van der Waals surface area contributed by atoms with Gasteiger partial charge in [-0.25, -0.2) is 14.1 Å². The summed E-state index contributed by atoms with van der Waals surface area (Å²) < 4.78 is 16.0. The third-order valence-electron chi connectivity index (χ3n) is 6.21. The van der Waals surface area contributed by atoms with Gasteiger partial charge in [0, 0.05) is 27.8 Å². The number of aryl methyl sites for hydroxylation is 1. The van der Waals surface area contributed by atoms with Crippen LogP contribution in [0.15, 0.2) is 46.5 Å². The number of hydrogen-bond acceptors (Lipinski definition) is 4. The van der Waals surface area contributed by atoms with Crippen molar-refractivity contribution in [3.05, 3.63) is 69.0 Å². The molecule has 2 aliphatic heterocycles. The predicted octanol–water partition coefficient (Wildman–Crippen LogP) is 5.58. The lowest BCUT2D eigenvalue weighted by Crippen LogP contribution is -2.54. The van der Waals surface area contributed by atoms with Crippen LogP contribution >= 0.6 is 15.9 Å². The van der Waals surface area contributed by atoms with Gasteiger partial charge < -0.3 is 4.90 Å². The number of carbonyl (C=O) groups excluding carboxylic acids is 3. The molecule has 0 saturated carbocycles. The van der Waals surface area contributed by atoms with E-state index in [1.165, 1.54) is 12.1 Å². The molecule has 2 aliphatic rings. The molecule has 1 fully saturated rings. The SMILES string of the molecule is CCN1c2cc(F)c(/C=C3/C(=O)NC(=O)N(c4ccc(Br)cc4C)C3=O)cc2C(C)=CC1(C)C. The highest BCUT2D eigenvalue weighted by Crippen LogP contribution is 2.40. The number of allylic oxidation sites excluding steroid dienone is 1. The number of hydrogen-bond donors (Lipinski definition) is 1. The number of urea groups is 1. The fourth-order valence-electron chi connectivity index (χ4n) is 4.70. The van der Waals surface area contributed by atoms with E-state index in [2.05, 4.69) is 46.1 Å². The summed E-state index contributed by atoms with van der Waals surface area (Å²) >= 11 is 3.36. The molecular weight excluding hydrogens is 501 g/mol. The maximum absolute atomic E-state index is 15.3. The zero-order chi connectivity index (χ0) is 24.9. The number of halogens is 2. The summed E-state index contributed by atoms with van der Waals surface area (Å²) in [5, 5.41) is 2.19. The minimum absolute atomic E-state index is 0.0996. The van der Waals surface area contributed by atoms with Gasteiger partial charge in [-0.2, -0.15) is 0 Å². The van der Waals surface area contributed by atoms with Crippen LogP contribution in [-0.2, 0) is 9.59 Å². The maximum atomic E-state index is 15.3. The van der Waals surface area contributed by atoms with Crippen LogP contribution in [0.1, 0.15) is 44.4 Å². The summed E-state index contributed by atoms with van der Waals surface area (Å²) in [4.78, 5) is 41.4. The summed E-state index contributed by atoms with van der Waals surface area (Å²) in [5.41, 5.74) is 3.08. The number of nitrogens with one attached hydrogen (secondary N) is 1. The van der Waals surface area contributed by atoms with Gasteiger partial charge in [-0.15, -0.1) is 0 Å². The number of likely N-dealkylation sites (N-methyl/N-ethyl adjacent to an activating group) is 1. The average Bonchev–Trinajstić information content (AvgIpc) is 2.72. The molecule has 2 aromatic rings. The van der Waals surface area contributed by atoms with Crippen molar-refractivity contribution in [2.75, 3.05) is 16.3 Å². The standard InChI is InChI=1S/C26H25BrFN3O3/c1-6-30-22-12-20(28)16(10-18(22)15(3)13-26(30,4)5)11-19-23(32)29-25(34)31(24(19)33)21-8-7-17(27)9-14(21)2/h7-13H,6H2,1-5H3,(H,29,32,34)/b19-11-. The molecule has 0 atom stereocenters. The number of fused-ring (bicyclic) bond motifs is 1. The van der Waals surface area contributed by atoms with E-state index in [1.54, 1.807) is 31.2 Å². The summed E-state index contributed by atoms with van der Waals surface area (Å²) in [6.45, 7) is 10.5. The van der Waals surface area contributed by atoms with E-state index in [-0.39, 0.29) is 16.7 Å². The molecule has 8 heteroatoms. The molecule has 4 amide bonds. The molecule has 6 nitrogen and oxygen atoms in total. The zero-order valence-corrected chi connectivity index (χ0v) is 21.2. The third-order valence-corrected chi connectivity index (χ3v) is 6.71. The topological polar surface area (TPSA) is 69.7 Å². The van der Waals surface area contributed by atoms with Crippen molar-refractivity contribution in [1.82, 2.24) is 5.32 Å². The van der Waals surface area contributed by atoms with Crippen LogP contribution in [-0.4, -0.2) is 29.9 Å². The van der Waals surface area contributed by atoms with Crippen LogP contribution in [0.25, 0.3) is 11.6 Å². The van der Waals surface area contributed by atoms with E-state index in [0.29, 0.717) is 17.8 Å². The van der Waals surface area contributed by atoms with Crippen LogP contribution in [0.2, 0.25) is 0 Å². The van der Waals surface area contributed by atoms with Crippen molar-refractivity contribution in [3.63, 3.8) is 0 Å². The molecular formula is C26H25BrFN3O3. The number of barbiturate groups is 1. The molecule has 2 aromatic carbocycles. The highest BCUT2D eigenvalue weighted by Gasteiger charge is 2.38. The fourth-order valence-corrected chi connectivity index (χ4v) is 5.18. The summed E-state index contributed by atoms with van der Waals surface area (Å²) in [6, 6.07) is 7.31. The second-order valence-electron chi connectivity index (χ2n) is 9.00. The molecule has 0 spiro atoms.